The zero-order valence-corrected chi connectivity index (χ0v) is 23.7. The fourth-order valence-electron chi connectivity index (χ4n) is 4.95. The monoisotopic (exact) mass is 579 g/mol. The molecule has 3 aromatic rings. The van der Waals surface area contributed by atoms with Gasteiger partial charge >= 0.3 is 0 Å². The van der Waals surface area contributed by atoms with Crippen molar-refractivity contribution in [3.8, 4) is 34.4 Å². The van der Waals surface area contributed by atoms with E-state index in [-0.39, 0.29) is 23.2 Å². The van der Waals surface area contributed by atoms with Gasteiger partial charge in [0, 0.05) is 5.56 Å². The summed E-state index contributed by atoms with van der Waals surface area (Å²) in [6, 6.07) is 12.8. The fraction of sp³-hybridized carbons (Fsp3) is 0.276. The normalized spacial score (nSPS) is 13.9. The Morgan fingerprint density at radius 2 is 1.85 bits per heavy atom. The summed E-state index contributed by atoms with van der Waals surface area (Å²) in [5, 5.41) is 30.0. The molecular weight excluding hydrogens is 550 g/mol. The number of hydrogen-bond acceptors (Lipinski definition) is 11. The highest BCUT2D eigenvalue weighted by Gasteiger charge is 2.30. The van der Waals surface area contributed by atoms with Crippen molar-refractivity contribution in [2.24, 2.45) is 0 Å². The first kappa shape index (κ1) is 29.9. The van der Waals surface area contributed by atoms with Crippen molar-refractivity contribution >= 4 is 17.7 Å². The zero-order chi connectivity index (χ0) is 29.7. The highest BCUT2D eigenvalue weighted by Crippen LogP contribution is 2.50. The topological polar surface area (TPSA) is 151 Å². The minimum Gasteiger partial charge on any atom is -0.493 e. The van der Waals surface area contributed by atoms with Crippen LogP contribution in [0.15, 0.2) is 52.2 Å². The van der Waals surface area contributed by atoms with Crippen LogP contribution in [0.4, 0.5) is 0 Å². The quantitative estimate of drug-likeness (QED) is 0.246. The molecule has 0 heterocycles. The van der Waals surface area contributed by atoms with E-state index in [1.54, 1.807) is 6.07 Å². The van der Waals surface area contributed by atoms with Crippen LogP contribution in [0, 0.1) is 11.3 Å². The second kappa shape index (κ2) is 13.0. The third-order valence-corrected chi connectivity index (χ3v) is 7.60. The molecule has 0 fully saturated rings. The number of ether oxygens (including phenoxy) is 3. The molecule has 41 heavy (non-hydrogen) atoms. The second-order valence-electron chi connectivity index (χ2n) is 9.04. The molecular formula is C29H29N3O8S. The molecule has 3 aromatic carbocycles. The van der Waals surface area contributed by atoms with E-state index in [1.165, 1.54) is 57.4 Å². The molecule has 1 aliphatic carbocycles. The predicted molar refractivity (Wildman–Crippen MR) is 149 cm³/mol. The molecule has 0 spiro atoms. The minimum atomic E-state index is -0.613. The van der Waals surface area contributed by atoms with Crippen molar-refractivity contribution in [2.45, 2.75) is 30.4 Å². The largest absolute Gasteiger partial charge is 0.493 e. The first-order chi connectivity index (χ1) is 19.8. The molecule has 0 aromatic heterocycles. The number of thioether (sulfide) groups is 1. The molecule has 0 unspecified atom stereocenters. The summed E-state index contributed by atoms with van der Waals surface area (Å²) in [6.45, 7) is -0.253. The van der Waals surface area contributed by atoms with Gasteiger partial charge in [-0.05, 0) is 71.7 Å². The van der Waals surface area contributed by atoms with Crippen LogP contribution in [0.1, 0.15) is 45.1 Å². The number of carbonyl (C=O) groups is 1. The standard InChI is InChI=1S/C29H29N3O8S/c1-37-24-12-17-7-9-22(31-29(34)20-11-16(15-40-32(35)36)5-6-18(20)14-30)21-13-23(33)25(41-4)10-8-19(21)26(17)28(39-3)27(24)38-2/h5-6,8,10-13,22,35-36H,7,9,15H2,1-4H3,(H,31,34)/t22-/m0/s1. The van der Waals surface area contributed by atoms with E-state index in [4.69, 9.17) is 24.6 Å². The number of hydrogen-bond donors (Lipinski definition) is 3. The maximum atomic E-state index is 13.6. The number of carbonyl (C=O) groups excluding carboxylic acids is 1. The number of methoxy groups -OCH3 is 3. The molecule has 0 aliphatic heterocycles. The summed E-state index contributed by atoms with van der Waals surface area (Å²) in [5.41, 5.74) is 3.32. The second-order valence-corrected chi connectivity index (χ2v) is 9.89. The zero-order valence-electron chi connectivity index (χ0n) is 22.9. The van der Waals surface area contributed by atoms with Crippen molar-refractivity contribution in [3.63, 3.8) is 0 Å². The lowest BCUT2D eigenvalue weighted by Crippen LogP contribution is -2.30. The van der Waals surface area contributed by atoms with Crippen LogP contribution in [0.5, 0.6) is 17.2 Å². The minimum absolute atomic E-state index is 0.0766. The molecule has 0 bridgehead atoms. The van der Waals surface area contributed by atoms with Gasteiger partial charge in [-0.2, -0.15) is 5.26 Å². The van der Waals surface area contributed by atoms with Crippen LogP contribution >= 0.6 is 11.8 Å². The van der Waals surface area contributed by atoms with Crippen molar-refractivity contribution < 1.29 is 34.3 Å². The van der Waals surface area contributed by atoms with Crippen LogP contribution in [0.3, 0.4) is 0 Å². The lowest BCUT2D eigenvalue weighted by Gasteiger charge is -2.20. The predicted octanol–water partition coefficient (Wildman–Crippen LogP) is 4.26. The summed E-state index contributed by atoms with van der Waals surface area (Å²) in [5.74, 6) is 0.800. The van der Waals surface area contributed by atoms with Gasteiger partial charge < -0.3 is 19.5 Å². The summed E-state index contributed by atoms with van der Waals surface area (Å²) in [7, 11) is 4.59. The van der Waals surface area contributed by atoms with Gasteiger partial charge in [0.05, 0.1) is 61.5 Å². The van der Waals surface area contributed by atoms with Gasteiger partial charge in [-0.25, -0.2) is 4.84 Å². The first-order valence-electron chi connectivity index (χ1n) is 12.4. The number of benzene rings is 2. The molecule has 214 valence electrons. The third-order valence-electron chi connectivity index (χ3n) is 6.82. The first-order valence-corrected chi connectivity index (χ1v) is 13.7. The van der Waals surface area contributed by atoms with Crippen LogP contribution in [-0.4, -0.2) is 49.3 Å². The Bertz CT molecular complexity index is 1570. The van der Waals surface area contributed by atoms with Crippen LogP contribution in [0.2, 0.25) is 0 Å². The molecule has 1 atom stereocenters. The molecule has 11 nitrogen and oxygen atoms in total. The Morgan fingerprint density at radius 1 is 1.10 bits per heavy atom. The van der Waals surface area contributed by atoms with Gasteiger partial charge in [0.25, 0.3) is 5.91 Å². The van der Waals surface area contributed by atoms with E-state index >= 15 is 0 Å². The number of nitrogens with zero attached hydrogens (tertiary/aromatic N) is 2. The average Bonchev–Trinajstić information content (AvgIpc) is 3.22. The SMILES string of the molecule is COc1cc2c(c(OC)c1OC)-c1ccc(SC)c(=O)cc1[C@@H](NC(=O)c1cc(CON(O)O)ccc1C#N)CC2. The summed E-state index contributed by atoms with van der Waals surface area (Å²) in [6.07, 6.45) is 2.74. The molecule has 1 amide bonds. The van der Waals surface area contributed by atoms with E-state index in [2.05, 4.69) is 10.2 Å². The van der Waals surface area contributed by atoms with E-state index in [9.17, 15) is 14.9 Å². The average molecular weight is 580 g/mol. The van der Waals surface area contributed by atoms with Crippen LogP contribution in [0.25, 0.3) is 11.1 Å². The van der Waals surface area contributed by atoms with Crippen molar-refractivity contribution in [2.75, 3.05) is 27.6 Å². The van der Waals surface area contributed by atoms with E-state index in [1.807, 2.05) is 24.5 Å². The fourth-order valence-corrected chi connectivity index (χ4v) is 5.42. The van der Waals surface area contributed by atoms with Gasteiger partial charge in [-0.3, -0.25) is 20.0 Å². The Labute approximate surface area is 240 Å². The van der Waals surface area contributed by atoms with Gasteiger partial charge in [0.1, 0.15) is 0 Å². The maximum Gasteiger partial charge on any atom is 0.253 e. The molecule has 0 saturated carbocycles. The lowest BCUT2D eigenvalue weighted by molar-refractivity contribution is -0.497. The van der Waals surface area contributed by atoms with E-state index in [0.29, 0.717) is 51.7 Å². The summed E-state index contributed by atoms with van der Waals surface area (Å²) >= 11 is 1.32. The smallest absolute Gasteiger partial charge is 0.253 e. The van der Waals surface area contributed by atoms with Crippen molar-refractivity contribution in [1.82, 2.24) is 10.7 Å². The molecule has 0 radical (unpaired) electrons. The van der Waals surface area contributed by atoms with Gasteiger partial charge in [-0.1, -0.05) is 12.1 Å². The van der Waals surface area contributed by atoms with Crippen LogP contribution < -0.4 is 25.0 Å². The van der Waals surface area contributed by atoms with Crippen LogP contribution in [-0.2, 0) is 17.9 Å². The number of amides is 1. The lowest BCUT2D eigenvalue weighted by atomic mass is 9.95. The Morgan fingerprint density at radius 3 is 2.49 bits per heavy atom. The Kier molecular flexibility index (Phi) is 9.49. The summed E-state index contributed by atoms with van der Waals surface area (Å²) < 4.78 is 17.0. The van der Waals surface area contributed by atoms with Gasteiger partial charge in [0.2, 0.25) is 5.75 Å². The van der Waals surface area contributed by atoms with Crippen molar-refractivity contribution in [1.29, 1.82) is 5.26 Å². The third kappa shape index (κ3) is 6.14. The Balaban J connectivity index is 1.86. The Hall–Kier alpha value is -4.12. The molecule has 3 N–H and O–H groups in total. The van der Waals surface area contributed by atoms with Crippen molar-refractivity contribution in [3.05, 3.63) is 80.5 Å². The molecule has 4 rings (SSSR count). The number of aryl methyl sites for hydroxylation is 1. The summed E-state index contributed by atoms with van der Waals surface area (Å²) in [4.78, 5) is 32.0. The van der Waals surface area contributed by atoms with Gasteiger partial charge in [-0.15, -0.1) is 11.8 Å². The molecule has 1 aliphatic rings. The number of nitriles is 1. The maximum absolute atomic E-state index is 13.6. The van der Waals surface area contributed by atoms with E-state index < -0.39 is 17.3 Å². The highest BCUT2D eigenvalue weighted by atomic mass is 32.2. The van der Waals surface area contributed by atoms with E-state index in [0.717, 1.165) is 11.1 Å². The molecule has 12 heteroatoms. The highest BCUT2D eigenvalue weighted by molar-refractivity contribution is 7.98. The molecule has 0 saturated heterocycles. The number of fused-ring (bicyclic) bond motifs is 3. The van der Waals surface area contributed by atoms with Gasteiger partial charge in [0.15, 0.2) is 16.9 Å². The number of rotatable bonds is 9. The number of nitrogens with one attached hydrogen (secondary N) is 1.